The van der Waals surface area contributed by atoms with E-state index in [1.54, 1.807) is 11.8 Å². The van der Waals surface area contributed by atoms with Gasteiger partial charge in [-0.2, -0.15) is 0 Å². The summed E-state index contributed by atoms with van der Waals surface area (Å²) in [4.78, 5) is 12.9. The van der Waals surface area contributed by atoms with E-state index in [4.69, 9.17) is 5.11 Å². The molecule has 0 spiro atoms. The van der Waals surface area contributed by atoms with Gasteiger partial charge in [0, 0.05) is 22.7 Å². The van der Waals surface area contributed by atoms with Crippen molar-refractivity contribution < 1.29 is 9.90 Å². The first-order valence-corrected chi connectivity index (χ1v) is 7.03. The molecule has 100 valence electrons. The van der Waals surface area contributed by atoms with Gasteiger partial charge in [-0.25, -0.2) is 4.79 Å². The van der Waals surface area contributed by atoms with Gasteiger partial charge in [0.05, 0.1) is 0 Å². The zero-order valence-electron chi connectivity index (χ0n) is 11.0. The number of carbonyl (C=O) groups is 1. The predicted octanol–water partition coefficient (Wildman–Crippen LogP) is 2.69. The summed E-state index contributed by atoms with van der Waals surface area (Å²) in [7, 11) is 0. The summed E-state index contributed by atoms with van der Waals surface area (Å²) in [6, 6.07) is 7.39. The second-order valence-electron chi connectivity index (χ2n) is 4.67. The molecule has 0 heterocycles. The SMILES string of the molecule is CSc1ccc(NC(=O)NC(C)(C)CCO)cc1. The average Bonchev–Trinajstić information content (AvgIpc) is 2.28. The molecule has 1 aromatic carbocycles. The number of thioether (sulfide) groups is 1. The minimum Gasteiger partial charge on any atom is -0.396 e. The Morgan fingerprint density at radius 2 is 1.94 bits per heavy atom. The van der Waals surface area contributed by atoms with Crippen LogP contribution in [0.25, 0.3) is 0 Å². The Labute approximate surface area is 112 Å². The average molecular weight is 268 g/mol. The van der Waals surface area contributed by atoms with Crippen LogP contribution in [0, 0.1) is 0 Å². The van der Waals surface area contributed by atoms with Crippen LogP contribution in [0.2, 0.25) is 0 Å². The van der Waals surface area contributed by atoms with Crippen LogP contribution in [0.15, 0.2) is 29.2 Å². The third-order valence-corrected chi connectivity index (χ3v) is 3.28. The number of hydrogen-bond donors (Lipinski definition) is 3. The fraction of sp³-hybridized carbons (Fsp3) is 0.462. The van der Waals surface area contributed by atoms with Crippen molar-refractivity contribution in [2.75, 3.05) is 18.2 Å². The lowest BCUT2D eigenvalue weighted by Gasteiger charge is -2.25. The van der Waals surface area contributed by atoms with Crippen LogP contribution < -0.4 is 10.6 Å². The van der Waals surface area contributed by atoms with Gasteiger partial charge in [0.2, 0.25) is 0 Å². The summed E-state index contributed by atoms with van der Waals surface area (Å²) in [6.07, 6.45) is 2.53. The number of urea groups is 1. The molecule has 0 atom stereocenters. The van der Waals surface area contributed by atoms with Crippen molar-refractivity contribution >= 4 is 23.5 Å². The minimum atomic E-state index is -0.419. The predicted molar refractivity (Wildman–Crippen MR) is 76.2 cm³/mol. The molecule has 0 bridgehead atoms. The van der Waals surface area contributed by atoms with Crippen molar-refractivity contribution in [3.63, 3.8) is 0 Å². The highest BCUT2D eigenvalue weighted by Crippen LogP contribution is 2.17. The Hall–Kier alpha value is -1.20. The molecule has 0 radical (unpaired) electrons. The highest BCUT2D eigenvalue weighted by atomic mass is 32.2. The zero-order valence-corrected chi connectivity index (χ0v) is 11.8. The molecule has 1 rings (SSSR count). The summed E-state index contributed by atoms with van der Waals surface area (Å²) in [6.45, 7) is 3.80. The topological polar surface area (TPSA) is 61.4 Å². The standard InChI is InChI=1S/C13H20N2O2S/c1-13(2,8-9-16)15-12(17)14-10-4-6-11(18-3)7-5-10/h4-7,16H,8-9H2,1-3H3,(H2,14,15,17). The summed E-state index contributed by atoms with van der Waals surface area (Å²) in [5, 5.41) is 14.5. The second kappa shape index (κ2) is 6.66. The number of amides is 2. The van der Waals surface area contributed by atoms with E-state index in [0.29, 0.717) is 6.42 Å². The lowest BCUT2D eigenvalue weighted by atomic mass is 10.0. The van der Waals surface area contributed by atoms with Crippen LogP contribution in [0.5, 0.6) is 0 Å². The van der Waals surface area contributed by atoms with Crippen LogP contribution in [-0.4, -0.2) is 29.5 Å². The lowest BCUT2D eigenvalue weighted by Crippen LogP contribution is -2.46. The molecule has 0 aliphatic carbocycles. The third kappa shape index (κ3) is 4.98. The molecule has 0 saturated heterocycles. The molecule has 3 N–H and O–H groups in total. The number of benzene rings is 1. The van der Waals surface area contributed by atoms with E-state index in [-0.39, 0.29) is 12.6 Å². The van der Waals surface area contributed by atoms with Gasteiger partial charge in [0.1, 0.15) is 0 Å². The highest BCUT2D eigenvalue weighted by Gasteiger charge is 2.19. The maximum absolute atomic E-state index is 11.7. The first kappa shape index (κ1) is 14.9. The van der Waals surface area contributed by atoms with Crippen molar-refractivity contribution in [3.05, 3.63) is 24.3 Å². The van der Waals surface area contributed by atoms with Crippen LogP contribution in [0.1, 0.15) is 20.3 Å². The first-order valence-electron chi connectivity index (χ1n) is 5.81. The Kier molecular flexibility index (Phi) is 5.50. The molecule has 0 aliphatic heterocycles. The fourth-order valence-corrected chi connectivity index (χ4v) is 1.89. The molecule has 0 aromatic heterocycles. The molecule has 0 saturated carbocycles. The molecule has 0 aliphatic rings. The van der Waals surface area contributed by atoms with E-state index in [2.05, 4.69) is 10.6 Å². The van der Waals surface area contributed by atoms with Crippen LogP contribution in [0.3, 0.4) is 0 Å². The van der Waals surface area contributed by atoms with Gasteiger partial charge in [-0.05, 0) is 50.8 Å². The number of hydrogen-bond acceptors (Lipinski definition) is 3. The number of aliphatic hydroxyl groups excluding tert-OH is 1. The molecule has 2 amide bonds. The van der Waals surface area contributed by atoms with Crippen molar-refractivity contribution in [3.8, 4) is 0 Å². The molecular weight excluding hydrogens is 248 g/mol. The van der Waals surface area contributed by atoms with E-state index in [1.165, 1.54) is 0 Å². The molecule has 5 heteroatoms. The summed E-state index contributed by atoms with van der Waals surface area (Å²) >= 11 is 1.66. The monoisotopic (exact) mass is 268 g/mol. The van der Waals surface area contributed by atoms with Crippen LogP contribution in [0.4, 0.5) is 10.5 Å². The molecule has 4 nitrogen and oxygen atoms in total. The van der Waals surface area contributed by atoms with Gasteiger partial charge >= 0.3 is 6.03 Å². The van der Waals surface area contributed by atoms with Crippen molar-refractivity contribution in [2.24, 2.45) is 0 Å². The largest absolute Gasteiger partial charge is 0.396 e. The summed E-state index contributed by atoms with van der Waals surface area (Å²) in [5.41, 5.74) is 0.336. The second-order valence-corrected chi connectivity index (χ2v) is 5.54. The van der Waals surface area contributed by atoms with Crippen LogP contribution >= 0.6 is 11.8 Å². The third-order valence-electron chi connectivity index (χ3n) is 2.54. The molecule has 0 fully saturated rings. The normalized spacial score (nSPS) is 11.1. The lowest BCUT2D eigenvalue weighted by molar-refractivity contribution is 0.218. The zero-order chi connectivity index (χ0) is 13.6. The number of rotatable bonds is 5. The highest BCUT2D eigenvalue weighted by molar-refractivity contribution is 7.98. The van der Waals surface area contributed by atoms with Gasteiger partial charge in [-0.15, -0.1) is 11.8 Å². The Balaban J connectivity index is 2.53. The number of anilines is 1. The van der Waals surface area contributed by atoms with Gasteiger partial charge in [-0.1, -0.05) is 0 Å². The van der Waals surface area contributed by atoms with E-state index in [9.17, 15) is 4.79 Å². The summed E-state index contributed by atoms with van der Waals surface area (Å²) in [5.74, 6) is 0. The van der Waals surface area contributed by atoms with Crippen molar-refractivity contribution in [1.29, 1.82) is 0 Å². The van der Waals surface area contributed by atoms with Crippen molar-refractivity contribution in [1.82, 2.24) is 5.32 Å². The minimum absolute atomic E-state index is 0.0513. The molecule has 1 aromatic rings. The van der Waals surface area contributed by atoms with E-state index in [1.807, 2.05) is 44.4 Å². The number of aliphatic hydroxyl groups is 1. The number of carbonyl (C=O) groups excluding carboxylic acids is 1. The van der Waals surface area contributed by atoms with E-state index < -0.39 is 5.54 Å². The summed E-state index contributed by atoms with van der Waals surface area (Å²) < 4.78 is 0. The Morgan fingerprint density at radius 3 is 2.44 bits per heavy atom. The Morgan fingerprint density at radius 1 is 1.33 bits per heavy atom. The van der Waals surface area contributed by atoms with Crippen LogP contribution in [-0.2, 0) is 0 Å². The van der Waals surface area contributed by atoms with Gasteiger partial charge in [0.15, 0.2) is 0 Å². The molecular formula is C13H20N2O2S. The number of nitrogens with one attached hydrogen (secondary N) is 2. The quantitative estimate of drug-likeness (QED) is 0.720. The molecule has 0 unspecified atom stereocenters. The van der Waals surface area contributed by atoms with Gasteiger partial charge in [0.25, 0.3) is 0 Å². The van der Waals surface area contributed by atoms with E-state index in [0.717, 1.165) is 10.6 Å². The first-order chi connectivity index (χ1) is 8.46. The van der Waals surface area contributed by atoms with E-state index >= 15 is 0 Å². The van der Waals surface area contributed by atoms with Crippen molar-refractivity contribution in [2.45, 2.75) is 30.7 Å². The maximum atomic E-state index is 11.7. The van der Waals surface area contributed by atoms with Gasteiger partial charge < -0.3 is 15.7 Å². The van der Waals surface area contributed by atoms with Gasteiger partial charge in [-0.3, -0.25) is 0 Å². The Bertz CT molecular complexity index is 390. The smallest absolute Gasteiger partial charge is 0.319 e. The fourth-order valence-electron chi connectivity index (χ4n) is 1.49. The maximum Gasteiger partial charge on any atom is 0.319 e. The molecule has 18 heavy (non-hydrogen) atoms.